The Kier molecular flexibility index (Phi) is 6.99. The standard InChI is InChI=1S/C27H27ClN2O3/c1-4-17(3)19-7-10-21(11-8-19)32-16-26(31)29-20-9-12-23(28)22(15-20)27-30-24-14-18(5-2)6-13-25(24)33-27/h6-15,17H,4-5,16H2,1-3H3,(H,29,31)/t17-/m0/s1. The molecule has 1 N–H and O–H groups in total. The molecular formula is C27H27ClN2O3. The van der Waals surface area contributed by atoms with E-state index in [2.05, 4.69) is 31.1 Å². The number of nitrogens with one attached hydrogen (secondary N) is 1. The number of aromatic nitrogens is 1. The number of nitrogens with zero attached hydrogens (tertiary/aromatic N) is 1. The second-order valence-electron chi connectivity index (χ2n) is 8.08. The lowest BCUT2D eigenvalue weighted by molar-refractivity contribution is -0.118. The van der Waals surface area contributed by atoms with E-state index in [4.69, 9.17) is 20.8 Å². The summed E-state index contributed by atoms with van der Waals surface area (Å²) in [4.78, 5) is 17.0. The Morgan fingerprint density at radius 1 is 1.09 bits per heavy atom. The van der Waals surface area contributed by atoms with Crippen molar-refractivity contribution in [2.24, 2.45) is 0 Å². The summed E-state index contributed by atoms with van der Waals surface area (Å²) >= 11 is 6.40. The van der Waals surface area contributed by atoms with Crippen LogP contribution in [0, 0.1) is 0 Å². The molecule has 0 saturated heterocycles. The number of rotatable bonds is 8. The molecule has 4 aromatic rings. The minimum atomic E-state index is -0.264. The molecule has 0 saturated carbocycles. The summed E-state index contributed by atoms with van der Waals surface area (Å²) in [5.74, 6) is 1.31. The van der Waals surface area contributed by atoms with Crippen molar-refractivity contribution in [3.63, 3.8) is 0 Å². The molecule has 0 unspecified atom stereocenters. The van der Waals surface area contributed by atoms with Crippen LogP contribution in [0.15, 0.2) is 65.1 Å². The summed E-state index contributed by atoms with van der Waals surface area (Å²) in [6.45, 7) is 6.35. The first-order valence-corrected chi connectivity index (χ1v) is 11.6. The number of ether oxygens (including phenoxy) is 1. The molecule has 0 radical (unpaired) electrons. The molecule has 1 aromatic heterocycles. The highest BCUT2D eigenvalue weighted by Crippen LogP contribution is 2.32. The van der Waals surface area contributed by atoms with Crippen LogP contribution in [-0.4, -0.2) is 17.5 Å². The molecule has 0 aliphatic heterocycles. The molecule has 0 fully saturated rings. The Morgan fingerprint density at radius 3 is 2.61 bits per heavy atom. The molecule has 4 rings (SSSR count). The van der Waals surface area contributed by atoms with Gasteiger partial charge in [0.05, 0.1) is 10.6 Å². The highest BCUT2D eigenvalue weighted by molar-refractivity contribution is 6.33. The Balaban J connectivity index is 1.44. The number of oxazole rings is 1. The van der Waals surface area contributed by atoms with Crippen LogP contribution in [0.3, 0.4) is 0 Å². The SMILES string of the molecule is CCc1ccc2oc(-c3cc(NC(=O)COc4ccc([C@@H](C)CC)cc4)ccc3Cl)nc2c1. The van der Waals surface area contributed by atoms with Crippen LogP contribution in [0.2, 0.25) is 5.02 Å². The Morgan fingerprint density at radius 2 is 1.88 bits per heavy atom. The third-order valence-corrected chi connectivity index (χ3v) is 6.10. The third-order valence-electron chi connectivity index (χ3n) is 5.77. The van der Waals surface area contributed by atoms with Gasteiger partial charge in [-0.2, -0.15) is 0 Å². The zero-order valence-corrected chi connectivity index (χ0v) is 19.8. The number of anilines is 1. The minimum absolute atomic E-state index is 0.0939. The number of benzene rings is 3. The number of hydrogen-bond donors (Lipinski definition) is 1. The fourth-order valence-electron chi connectivity index (χ4n) is 3.55. The van der Waals surface area contributed by atoms with Crippen LogP contribution in [0.25, 0.3) is 22.6 Å². The van der Waals surface area contributed by atoms with E-state index in [1.165, 1.54) is 11.1 Å². The molecule has 170 valence electrons. The number of halogens is 1. The van der Waals surface area contributed by atoms with Gasteiger partial charge < -0.3 is 14.5 Å². The van der Waals surface area contributed by atoms with E-state index in [-0.39, 0.29) is 12.5 Å². The average molecular weight is 463 g/mol. The van der Waals surface area contributed by atoms with Crippen molar-refractivity contribution in [2.45, 2.75) is 39.5 Å². The van der Waals surface area contributed by atoms with E-state index in [9.17, 15) is 4.79 Å². The predicted octanol–water partition coefficient (Wildman–Crippen LogP) is 7.24. The number of amides is 1. The molecular weight excluding hydrogens is 436 g/mol. The summed E-state index contributed by atoms with van der Waals surface area (Å²) in [6, 6.07) is 19.0. The largest absolute Gasteiger partial charge is 0.484 e. The summed E-state index contributed by atoms with van der Waals surface area (Å²) in [7, 11) is 0. The van der Waals surface area contributed by atoms with E-state index in [0.29, 0.717) is 39.4 Å². The Labute approximate surface area is 198 Å². The van der Waals surface area contributed by atoms with Crippen LogP contribution in [0.1, 0.15) is 44.2 Å². The summed E-state index contributed by atoms with van der Waals surface area (Å²) < 4.78 is 11.5. The van der Waals surface area contributed by atoms with E-state index in [0.717, 1.165) is 18.4 Å². The number of carbonyl (C=O) groups excluding carboxylic acids is 1. The van der Waals surface area contributed by atoms with E-state index in [1.807, 2.05) is 42.5 Å². The Hall–Kier alpha value is -3.31. The average Bonchev–Trinajstić information content (AvgIpc) is 3.26. The van der Waals surface area contributed by atoms with Gasteiger partial charge in [0.1, 0.15) is 11.3 Å². The summed E-state index contributed by atoms with van der Waals surface area (Å²) in [6.07, 6.45) is 2.00. The topological polar surface area (TPSA) is 64.4 Å². The summed E-state index contributed by atoms with van der Waals surface area (Å²) in [5, 5.41) is 3.34. The molecule has 1 heterocycles. The highest BCUT2D eigenvalue weighted by atomic mass is 35.5. The molecule has 5 nitrogen and oxygen atoms in total. The van der Waals surface area contributed by atoms with Crippen molar-refractivity contribution in [1.82, 2.24) is 4.98 Å². The van der Waals surface area contributed by atoms with Crippen molar-refractivity contribution in [3.8, 4) is 17.2 Å². The maximum absolute atomic E-state index is 12.4. The molecule has 33 heavy (non-hydrogen) atoms. The first-order chi connectivity index (χ1) is 16.0. The quantitative estimate of drug-likeness (QED) is 0.299. The van der Waals surface area contributed by atoms with Crippen molar-refractivity contribution >= 4 is 34.3 Å². The lowest BCUT2D eigenvalue weighted by Gasteiger charge is -2.11. The number of aryl methyl sites for hydroxylation is 1. The van der Waals surface area contributed by atoms with Crippen molar-refractivity contribution in [1.29, 1.82) is 0 Å². The van der Waals surface area contributed by atoms with Gasteiger partial charge >= 0.3 is 0 Å². The van der Waals surface area contributed by atoms with Gasteiger partial charge in [0, 0.05) is 5.69 Å². The van der Waals surface area contributed by atoms with Gasteiger partial charge in [-0.05, 0) is 72.4 Å². The fourth-order valence-corrected chi connectivity index (χ4v) is 3.75. The van der Waals surface area contributed by atoms with Crippen LogP contribution in [0.5, 0.6) is 5.75 Å². The molecule has 0 aliphatic rings. The van der Waals surface area contributed by atoms with E-state index >= 15 is 0 Å². The maximum atomic E-state index is 12.4. The summed E-state index contributed by atoms with van der Waals surface area (Å²) in [5.41, 5.74) is 5.12. The second-order valence-corrected chi connectivity index (χ2v) is 8.49. The van der Waals surface area contributed by atoms with Gasteiger partial charge in [-0.1, -0.05) is 50.6 Å². The molecule has 0 bridgehead atoms. The zero-order valence-electron chi connectivity index (χ0n) is 19.0. The lowest BCUT2D eigenvalue weighted by atomic mass is 9.99. The molecule has 0 spiro atoms. The highest BCUT2D eigenvalue weighted by Gasteiger charge is 2.14. The smallest absolute Gasteiger partial charge is 0.262 e. The van der Waals surface area contributed by atoms with Crippen molar-refractivity contribution in [2.75, 3.05) is 11.9 Å². The second kappa shape index (κ2) is 10.1. The van der Waals surface area contributed by atoms with E-state index < -0.39 is 0 Å². The van der Waals surface area contributed by atoms with Gasteiger partial charge in [0.2, 0.25) is 5.89 Å². The first-order valence-electron chi connectivity index (χ1n) is 11.2. The minimum Gasteiger partial charge on any atom is -0.484 e. The van der Waals surface area contributed by atoms with Gasteiger partial charge in [0.25, 0.3) is 5.91 Å². The van der Waals surface area contributed by atoms with Gasteiger partial charge in [0.15, 0.2) is 12.2 Å². The molecule has 6 heteroatoms. The predicted molar refractivity (Wildman–Crippen MR) is 133 cm³/mol. The van der Waals surface area contributed by atoms with E-state index in [1.54, 1.807) is 18.2 Å². The third kappa shape index (κ3) is 5.37. The monoisotopic (exact) mass is 462 g/mol. The molecule has 1 amide bonds. The molecule has 0 aliphatic carbocycles. The van der Waals surface area contributed by atoms with Gasteiger partial charge in [-0.15, -0.1) is 0 Å². The normalized spacial score (nSPS) is 12.0. The van der Waals surface area contributed by atoms with Crippen LogP contribution in [-0.2, 0) is 11.2 Å². The molecule has 3 aromatic carbocycles. The number of hydrogen-bond acceptors (Lipinski definition) is 4. The van der Waals surface area contributed by atoms with Gasteiger partial charge in [-0.3, -0.25) is 4.79 Å². The van der Waals surface area contributed by atoms with Crippen LogP contribution >= 0.6 is 11.6 Å². The van der Waals surface area contributed by atoms with Crippen LogP contribution in [0.4, 0.5) is 5.69 Å². The zero-order chi connectivity index (χ0) is 23.4. The lowest BCUT2D eigenvalue weighted by Crippen LogP contribution is -2.20. The van der Waals surface area contributed by atoms with Crippen molar-refractivity contribution in [3.05, 3.63) is 76.8 Å². The van der Waals surface area contributed by atoms with Crippen molar-refractivity contribution < 1.29 is 13.9 Å². The Bertz CT molecular complexity index is 1260. The fraction of sp³-hybridized carbons (Fsp3) is 0.259. The maximum Gasteiger partial charge on any atom is 0.262 e. The van der Waals surface area contributed by atoms with Crippen LogP contribution < -0.4 is 10.1 Å². The number of carbonyl (C=O) groups is 1. The van der Waals surface area contributed by atoms with Gasteiger partial charge in [-0.25, -0.2) is 4.98 Å². The molecule has 1 atom stereocenters. The first kappa shape index (κ1) is 22.9. The number of fused-ring (bicyclic) bond motifs is 1.